The van der Waals surface area contributed by atoms with Gasteiger partial charge in [-0.25, -0.2) is 18.7 Å². The molecule has 0 saturated carbocycles. The van der Waals surface area contributed by atoms with E-state index in [4.69, 9.17) is 15.0 Å². The molecule has 3 atom stereocenters. The molecule has 0 amide bonds. The summed E-state index contributed by atoms with van der Waals surface area (Å²) in [5.74, 6) is 1.14. The molecular formula is C26H33F2N7O2. The van der Waals surface area contributed by atoms with Gasteiger partial charge in [-0.1, -0.05) is 19.0 Å². The van der Waals surface area contributed by atoms with Crippen molar-refractivity contribution in [2.45, 2.75) is 57.6 Å². The van der Waals surface area contributed by atoms with Gasteiger partial charge in [0, 0.05) is 44.1 Å². The topological polar surface area (TPSA) is 106 Å². The van der Waals surface area contributed by atoms with E-state index in [9.17, 15) is 8.78 Å². The lowest BCUT2D eigenvalue weighted by Gasteiger charge is -2.33. The minimum atomic E-state index is -0.477. The maximum atomic E-state index is 14.3. The molecule has 2 N–H and O–H groups in total. The van der Waals surface area contributed by atoms with Gasteiger partial charge in [-0.2, -0.15) is 4.98 Å². The second-order valence-electron chi connectivity index (χ2n) is 10.3. The van der Waals surface area contributed by atoms with E-state index >= 15 is 0 Å². The van der Waals surface area contributed by atoms with Crippen LogP contribution < -0.4 is 20.3 Å². The lowest BCUT2D eigenvalue weighted by Crippen LogP contribution is -2.38. The highest BCUT2D eigenvalue weighted by Crippen LogP contribution is 2.32. The summed E-state index contributed by atoms with van der Waals surface area (Å²) in [6.45, 7) is 8.67. The van der Waals surface area contributed by atoms with Crippen LogP contribution in [-0.4, -0.2) is 58.4 Å². The third kappa shape index (κ3) is 5.51. The van der Waals surface area contributed by atoms with Gasteiger partial charge in [-0.15, -0.1) is 0 Å². The lowest BCUT2D eigenvalue weighted by atomic mass is 9.92. The van der Waals surface area contributed by atoms with Crippen molar-refractivity contribution < 1.29 is 18.0 Å². The largest absolute Gasteiger partial charge is 0.487 e. The molecule has 11 heteroatoms. The molecule has 4 heterocycles. The van der Waals surface area contributed by atoms with E-state index in [-0.39, 0.29) is 29.5 Å². The highest BCUT2D eigenvalue weighted by atomic mass is 19.1. The van der Waals surface area contributed by atoms with Crippen molar-refractivity contribution in [1.29, 1.82) is 0 Å². The number of piperidine rings is 1. The van der Waals surface area contributed by atoms with E-state index in [0.717, 1.165) is 43.9 Å². The molecule has 0 aliphatic carbocycles. The summed E-state index contributed by atoms with van der Waals surface area (Å²) in [5.41, 5.74) is 6.56. The van der Waals surface area contributed by atoms with E-state index in [2.05, 4.69) is 31.9 Å². The summed E-state index contributed by atoms with van der Waals surface area (Å²) in [6.07, 6.45) is 5.20. The van der Waals surface area contributed by atoms with Crippen LogP contribution in [0.15, 0.2) is 35.1 Å². The van der Waals surface area contributed by atoms with Crippen molar-refractivity contribution in [2.24, 2.45) is 11.7 Å². The van der Waals surface area contributed by atoms with Crippen LogP contribution in [0.1, 0.15) is 56.8 Å². The first-order valence-electron chi connectivity index (χ1n) is 12.8. The molecule has 2 aromatic heterocycles. The average Bonchev–Trinajstić information content (AvgIpc) is 3.54. The third-order valence-electron chi connectivity index (χ3n) is 7.36. The molecule has 2 saturated heterocycles. The van der Waals surface area contributed by atoms with Gasteiger partial charge in [0.25, 0.3) is 0 Å². The quantitative estimate of drug-likeness (QED) is 0.504. The number of rotatable bonds is 7. The summed E-state index contributed by atoms with van der Waals surface area (Å²) in [6, 6.07) is 3.70. The highest BCUT2D eigenvalue weighted by Gasteiger charge is 2.34. The first-order valence-corrected chi connectivity index (χ1v) is 12.8. The van der Waals surface area contributed by atoms with Crippen LogP contribution in [0.25, 0.3) is 0 Å². The van der Waals surface area contributed by atoms with Gasteiger partial charge >= 0.3 is 6.01 Å². The zero-order valence-corrected chi connectivity index (χ0v) is 21.3. The number of aromatic nitrogens is 4. The summed E-state index contributed by atoms with van der Waals surface area (Å²) in [4.78, 5) is 17.4. The Balaban J connectivity index is 1.15. The number of nitrogens with zero attached hydrogens (tertiary/aromatic N) is 6. The van der Waals surface area contributed by atoms with Crippen LogP contribution >= 0.6 is 0 Å². The Hall–Kier alpha value is -3.34. The molecular weight excluding hydrogens is 480 g/mol. The Labute approximate surface area is 215 Å². The first-order chi connectivity index (χ1) is 17.8. The molecule has 2 fully saturated rings. The minimum absolute atomic E-state index is 0.00829. The summed E-state index contributed by atoms with van der Waals surface area (Å²) >= 11 is 0. The van der Waals surface area contributed by atoms with Gasteiger partial charge in [-0.3, -0.25) is 0 Å². The molecule has 0 bridgehead atoms. The van der Waals surface area contributed by atoms with Gasteiger partial charge in [0.1, 0.15) is 11.6 Å². The third-order valence-corrected chi connectivity index (χ3v) is 7.36. The van der Waals surface area contributed by atoms with Gasteiger partial charge in [-0.05, 0) is 49.4 Å². The van der Waals surface area contributed by atoms with E-state index in [1.165, 1.54) is 6.07 Å². The maximum Gasteiger partial charge on any atom is 0.324 e. The van der Waals surface area contributed by atoms with Crippen LogP contribution in [0.5, 0.6) is 5.75 Å². The Kier molecular flexibility index (Phi) is 7.23. The van der Waals surface area contributed by atoms with E-state index < -0.39 is 11.6 Å². The Morgan fingerprint density at radius 2 is 1.78 bits per heavy atom. The van der Waals surface area contributed by atoms with Gasteiger partial charge in [0.2, 0.25) is 5.95 Å². The number of hydrogen-bond donors (Lipinski definition) is 1. The minimum Gasteiger partial charge on any atom is -0.487 e. The van der Waals surface area contributed by atoms with E-state index in [0.29, 0.717) is 36.7 Å². The van der Waals surface area contributed by atoms with Crippen LogP contribution in [0.2, 0.25) is 0 Å². The number of benzene rings is 1. The lowest BCUT2D eigenvalue weighted by molar-refractivity contribution is 0.131. The summed E-state index contributed by atoms with van der Waals surface area (Å²) < 4.78 is 39.6. The van der Waals surface area contributed by atoms with Gasteiger partial charge in [0.05, 0.1) is 18.5 Å². The Morgan fingerprint density at radius 1 is 1.05 bits per heavy atom. The van der Waals surface area contributed by atoms with Crippen molar-refractivity contribution >= 4 is 12.0 Å². The van der Waals surface area contributed by atoms with E-state index in [1.807, 2.05) is 18.7 Å². The number of hydrogen-bond acceptors (Lipinski definition) is 9. The number of anilines is 2. The second kappa shape index (κ2) is 10.6. The van der Waals surface area contributed by atoms with Crippen molar-refractivity contribution in [2.75, 3.05) is 36.0 Å². The van der Waals surface area contributed by atoms with Crippen LogP contribution in [0, 0.1) is 17.6 Å². The predicted octanol–water partition coefficient (Wildman–Crippen LogP) is 3.88. The van der Waals surface area contributed by atoms with Crippen molar-refractivity contribution in [1.82, 2.24) is 20.1 Å². The molecule has 1 aromatic carbocycles. The Bertz CT molecular complexity index is 1200. The first kappa shape index (κ1) is 25.3. The molecule has 0 unspecified atom stereocenters. The molecule has 2 aliphatic heterocycles. The number of nitrogens with two attached hydrogens (primary N) is 1. The zero-order chi connectivity index (χ0) is 26.1. The normalized spacial score (nSPS) is 21.6. The molecule has 5 rings (SSSR count). The number of ether oxygens (including phenoxy) is 1. The smallest absolute Gasteiger partial charge is 0.324 e. The molecule has 198 valence electrons. The van der Waals surface area contributed by atoms with Crippen molar-refractivity contribution in [3.05, 3.63) is 53.6 Å². The van der Waals surface area contributed by atoms with Gasteiger partial charge in [0.15, 0.2) is 11.6 Å². The Morgan fingerprint density at radius 3 is 2.46 bits per heavy atom. The SMILES string of the molecule is CC(C)c1noc(N2CCC([C@H](C)Oc3cnc(N4C[C@H](c5cc(F)ccc5F)[C@@H](N)C4)nc3)CC2)n1. The van der Waals surface area contributed by atoms with E-state index in [1.54, 1.807) is 12.4 Å². The monoisotopic (exact) mass is 513 g/mol. The maximum absolute atomic E-state index is 14.3. The highest BCUT2D eigenvalue weighted by molar-refractivity contribution is 5.39. The molecule has 9 nitrogen and oxygen atoms in total. The number of halogens is 2. The molecule has 2 aliphatic rings. The van der Waals surface area contributed by atoms with Crippen molar-refractivity contribution in [3.8, 4) is 5.75 Å². The second-order valence-corrected chi connectivity index (χ2v) is 10.3. The fraction of sp³-hybridized carbons (Fsp3) is 0.538. The standard InChI is InChI=1S/C26H33F2N7O2/c1-15(2)24-32-26(37-33-24)34-8-6-17(7-9-34)16(3)36-19-11-30-25(31-12-19)35-13-21(23(29)14-35)20-10-18(27)4-5-22(20)28/h4-5,10-12,15-17,21,23H,6-9,13-14,29H2,1-3H3/t16-,21+,23-/m0/s1. The zero-order valence-electron chi connectivity index (χ0n) is 21.3. The molecule has 0 spiro atoms. The van der Waals surface area contributed by atoms with Gasteiger partial charge < -0.3 is 24.8 Å². The average molecular weight is 514 g/mol. The van der Waals surface area contributed by atoms with Crippen LogP contribution in [0.4, 0.5) is 20.7 Å². The predicted molar refractivity (Wildman–Crippen MR) is 135 cm³/mol. The fourth-order valence-corrected chi connectivity index (χ4v) is 5.11. The molecule has 0 radical (unpaired) electrons. The summed E-state index contributed by atoms with van der Waals surface area (Å²) in [7, 11) is 0. The van der Waals surface area contributed by atoms with Crippen molar-refractivity contribution in [3.63, 3.8) is 0 Å². The molecule has 3 aromatic rings. The van der Waals surface area contributed by atoms with Crippen LogP contribution in [0.3, 0.4) is 0 Å². The summed E-state index contributed by atoms with van der Waals surface area (Å²) in [5, 5.41) is 4.06. The fourth-order valence-electron chi connectivity index (χ4n) is 5.11. The molecule has 37 heavy (non-hydrogen) atoms. The van der Waals surface area contributed by atoms with Crippen LogP contribution in [-0.2, 0) is 0 Å².